The van der Waals surface area contributed by atoms with Crippen molar-refractivity contribution in [1.29, 1.82) is 0 Å². The van der Waals surface area contributed by atoms with Crippen molar-refractivity contribution in [3.63, 3.8) is 0 Å². The SMILES string of the molecule is Nc1ncc(Cl)cc1CCN1CCNCC1. The van der Waals surface area contributed by atoms with Gasteiger partial charge < -0.3 is 16.0 Å². The maximum absolute atomic E-state index is 5.90. The molecule has 0 atom stereocenters. The molecule has 88 valence electrons. The zero-order valence-corrected chi connectivity index (χ0v) is 10.0. The molecule has 5 heteroatoms. The summed E-state index contributed by atoms with van der Waals surface area (Å²) in [5.41, 5.74) is 6.85. The topological polar surface area (TPSA) is 54.2 Å². The van der Waals surface area contributed by atoms with Crippen molar-refractivity contribution in [1.82, 2.24) is 15.2 Å². The molecule has 0 aliphatic carbocycles. The lowest BCUT2D eigenvalue weighted by Crippen LogP contribution is -2.44. The molecule has 2 heterocycles. The first-order valence-electron chi connectivity index (χ1n) is 5.58. The second kappa shape index (κ2) is 5.48. The second-order valence-electron chi connectivity index (χ2n) is 4.04. The van der Waals surface area contributed by atoms with E-state index in [2.05, 4.69) is 15.2 Å². The Hall–Kier alpha value is -0.840. The molecule has 0 amide bonds. The van der Waals surface area contributed by atoms with Gasteiger partial charge in [0.15, 0.2) is 0 Å². The molecule has 0 radical (unpaired) electrons. The van der Waals surface area contributed by atoms with E-state index in [0.717, 1.165) is 44.7 Å². The average Bonchev–Trinajstić information content (AvgIpc) is 2.32. The first kappa shape index (κ1) is 11.6. The van der Waals surface area contributed by atoms with E-state index in [1.165, 1.54) is 0 Å². The van der Waals surface area contributed by atoms with Gasteiger partial charge in [-0.15, -0.1) is 0 Å². The number of hydrogen-bond donors (Lipinski definition) is 2. The molecule has 1 aliphatic heterocycles. The average molecular weight is 241 g/mol. The predicted octanol–water partition coefficient (Wildman–Crippen LogP) is 0.765. The van der Waals surface area contributed by atoms with Crippen molar-refractivity contribution >= 4 is 17.4 Å². The fraction of sp³-hybridized carbons (Fsp3) is 0.545. The number of aromatic nitrogens is 1. The number of nitrogens with two attached hydrogens (primary N) is 1. The first-order chi connectivity index (χ1) is 7.75. The first-order valence-corrected chi connectivity index (χ1v) is 5.96. The Morgan fingerprint density at radius 3 is 2.94 bits per heavy atom. The smallest absolute Gasteiger partial charge is 0.126 e. The lowest BCUT2D eigenvalue weighted by atomic mass is 10.1. The summed E-state index contributed by atoms with van der Waals surface area (Å²) in [6, 6.07) is 1.91. The third kappa shape index (κ3) is 3.07. The molecule has 0 bridgehead atoms. The number of nitrogens with zero attached hydrogens (tertiary/aromatic N) is 2. The summed E-state index contributed by atoms with van der Waals surface area (Å²) in [7, 11) is 0. The summed E-state index contributed by atoms with van der Waals surface area (Å²) in [4.78, 5) is 6.48. The van der Waals surface area contributed by atoms with E-state index in [4.69, 9.17) is 17.3 Å². The van der Waals surface area contributed by atoms with Gasteiger partial charge in [0.25, 0.3) is 0 Å². The number of halogens is 1. The van der Waals surface area contributed by atoms with Crippen LogP contribution in [0, 0.1) is 0 Å². The van der Waals surface area contributed by atoms with Gasteiger partial charge in [0.2, 0.25) is 0 Å². The van der Waals surface area contributed by atoms with Gasteiger partial charge in [-0.3, -0.25) is 0 Å². The van der Waals surface area contributed by atoms with E-state index in [9.17, 15) is 0 Å². The van der Waals surface area contributed by atoms with Crippen molar-refractivity contribution in [2.45, 2.75) is 6.42 Å². The number of rotatable bonds is 3. The molecule has 0 saturated carbocycles. The maximum atomic E-state index is 5.90. The Morgan fingerprint density at radius 1 is 1.44 bits per heavy atom. The van der Waals surface area contributed by atoms with Gasteiger partial charge in [-0.25, -0.2) is 4.98 Å². The number of piperazine rings is 1. The summed E-state index contributed by atoms with van der Waals surface area (Å²) >= 11 is 5.90. The van der Waals surface area contributed by atoms with E-state index < -0.39 is 0 Å². The Bertz CT molecular complexity index is 350. The lowest BCUT2D eigenvalue weighted by molar-refractivity contribution is 0.244. The highest BCUT2D eigenvalue weighted by Gasteiger charge is 2.10. The van der Waals surface area contributed by atoms with Gasteiger partial charge in [-0.2, -0.15) is 0 Å². The van der Waals surface area contributed by atoms with Crippen LogP contribution in [0.15, 0.2) is 12.3 Å². The van der Waals surface area contributed by atoms with Crippen molar-refractivity contribution in [2.75, 3.05) is 38.5 Å². The lowest BCUT2D eigenvalue weighted by Gasteiger charge is -2.27. The molecule has 3 N–H and O–H groups in total. The summed E-state index contributed by atoms with van der Waals surface area (Å²) in [5.74, 6) is 0.597. The van der Waals surface area contributed by atoms with Crippen LogP contribution in [-0.2, 0) is 6.42 Å². The van der Waals surface area contributed by atoms with Crippen LogP contribution in [0.5, 0.6) is 0 Å². The van der Waals surface area contributed by atoms with Crippen LogP contribution in [0.2, 0.25) is 5.02 Å². The van der Waals surface area contributed by atoms with Gasteiger partial charge in [0.1, 0.15) is 5.82 Å². The van der Waals surface area contributed by atoms with E-state index >= 15 is 0 Å². The van der Waals surface area contributed by atoms with Gasteiger partial charge in [-0.05, 0) is 18.1 Å². The third-order valence-corrected chi connectivity index (χ3v) is 3.08. The molecule has 1 aromatic rings. The summed E-state index contributed by atoms with van der Waals surface area (Å²) in [6.07, 6.45) is 2.50. The van der Waals surface area contributed by atoms with E-state index in [1.54, 1.807) is 6.20 Å². The molecule has 1 fully saturated rings. The molecule has 0 spiro atoms. The van der Waals surface area contributed by atoms with E-state index in [0.29, 0.717) is 10.8 Å². The standard InChI is InChI=1S/C11H17ClN4/c12-10-7-9(11(13)15-8-10)1-4-16-5-2-14-3-6-16/h7-8,14H,1-6H2,(H2,13,15). The van der Waals surface area contributed by atoms with Gasteiger partial charge in [0.05, 0.1) is 5.02 Å². The van der Waals surface area contributed by atoms with Crippen molar-refractivity contribution in [3.05, 3.63) is 22.8 Å². The van der Waals surface area contributed by atoms with Crippen molar-refractivity contribution < 1.29 is 0 Å². The molecular formula is C11H17ClN4. The highest BCUT2D eigenvalue weighted by atomic mass is 35.5. The summed E-state index contributed by atoms with van der Waals surface area (Å²) in [5, 5.41) is 3.99. The third-order valence-electron chi connectivity index (χ3n) is 2.88. The molecule has 2 rings (SSSR count). The van der Waals surface area contributed by atoms with Crippen LogP contribution < -0.4 is 11.1 Å². The Kier molecular flexibility index (Phi) is 3.98. The Balaban J connectivity index is 1.90. The summed E-state index contributed by atoms with van der Waals surface area (Å²) in [6.45, 7) is 5.38. The van der Waals surface area contributed by atoms with Crippen LogP contribution >= 0.6 is 11.6 Å². The minimum absolute atomic E-state index is 0.597. The minimum atomic E-state index is 0.597. The normalized spacial score (nSPS) is 17.6. The van der Waals surface area contributed by atoms with E-state index in [-0.39, 0.29) is 0 Å². The number of nitrogens with one attached hydrogen (secondary N) is 1. The molecule has 4 nitrogen and oxygen atoms in total. The van der Waals surface area contributed by atoms with Crippen LogP contribution in [0.3, 0.4) is 0 Å². The van der Waals surface area contributed by atoms with Gasteiger partial charge in [0, 0.05) is 38.9 Å². The zero-order valence-electron chi connectivity index (χ0n) is 9.25. The molecule has 1 aromatic heterocycles. The molecule has 0 aromatic carbocycles. The maximum Gasteiger partial charge on any atom is 0.126 e. The van der Waals surface area contributed by atoms with Crippen molar-refractivity contribution in [3.8, 4) is 0 Å². The number of hydrogen-bond acceptors (Lipinski definition) is 4. The molecular weight excluding hydrogens is 224 g/mol. The number of nitrogen functional groups attached to an aromatic ring is 1. The number of pyridine rings is 1. The fourth-order valence-corrected chi connectivity index (χ4v) is 2.09. The Morgan fingerprint density at radius 2 is 2.19 bits per heavy atom. The van der Waals surface area contributed by atoms with Crippen LogP contribution in [0.1, 0.15) is 5.56 Å². The molecule has 1 saturated heterocycles. The van der Waals surface area contributed by atoms with Crippen LogP contribution in [0.4, 0.5) is 5.82 Å². The van der Waals surface area contributed by atoms with Crippen molar-refractivity contribution in [2.24, 2.45) is 0 Å². The van der Waals surface area contributed by atoms with Gasteiger partial charge >= 0.3 is 0 Å². The monoisotopic (exact) mass is 240 g/mol. The molecule has 1 aliphatic rings. The highest BCUT2D eigenvalue weighted by Crippen LogP contribution is 2.15. The summed E-state index contributed by atoms with van der Waals surface area (Å²) < 4.78 is 0. The van der Waals surface area contributed by atoms with Crippen LogP contribution in [-0.4, -0.2) is 42.6 Å². The predicted molar refractivity (Wildman–Crippen MR) is 66.7 cm³/mol. The second-order valence-corrected chi connectivity index (χ2v) is 4.48. The quantitative estimate of drug-likeness (QED) is 0.820. The fourth-order valence-electron chi connectivity index (χ4n) is 1.91. The largest absolute Gasteiger partial charge is 0.383 e. The van der Waals surface area contributed by atoms with Crippen LogP contribution in [0.25, 0.3) is 0 Å². The Labute approximate surface area is 101 Å². The van der Waals surface area contributed by atoms with E-state index in [1.807, 2.05) is 6.07 Å². The number of anilines is 1. The molecule has 16 heavy (non-hydrogen) atoms. The zero-order chi connectivity index (χ0) is 11.4. The highest BCUT2D eigenvalue weighted by molar-refractivity contribution is 6.30. The van der Waals surface area contributed by atoms with Gasteiger partial charge in [-0.1, -0.05) is 11.6 Å². The molecule has 0 unspecified atom stereocenters. The minimum Gasteiger partial charge on any atom is -0.383 e.